The fourth-order valence-electron chi connectivity index (χ4n) is 8.73. The van der Waals surface area contributed by atoms with Gasteiger partial charge in [-0.05, 0) is 94.2 Å². The van der Waals surface area contributed by atoms with E-state index in [4.69, 9.17) is 4.74 Å². The lowest BCUT2D eigenvalue weighted by Gasteiger charge is -2.39. The number of piperidine rings is 1. The number of hydrogen-bond donors (Lipinski definition) is 5. The number of aromatic nitrogens is 2. The molecule has 7 rings (SSSR count). The summed E-state index contributed by atoms with van der Waals surface area (Å²) in [4.78, 5) is 110. The minimum absolute atomic E-state index is 0.00953. The van der Waals surface area contributed by atoms with Gasteiger partial charge in [0.05, 0.1) is 17.4 Å². The number of nitrogens with zero attached hydrogens (tertiary/aromatic N) is 4. The maximum absolute atomic E-state index is 14.7. The third kappa shape index (κ3) is 9.03. The maximum Gasteiger partial charge on any atom is 0.329 e. The minimum atomic E-state index is -1.63. The summed E-state index contributed by atoms with van der Waals surface area (Å²) in [5.41, 5.74) is 1.59. The number of rotatable bonds is 6. The summed E-state index contributed by atoms with van der Waals surface area (Å²) in [6.07, 6.45) is 2.22. The largest absolute Gasteiger partial charge is 0.458 e. The molecule has 7 amide bonds. The van der Waals surface area contributed by atoms with E-state index in [2.05, 4.69) is 31.2 Å². The lowest BCUT2D eigenvalue weighted by atomic mass is 9.99. The topological polar surface area (TPSA) is 215 Å². The van der Waals surface area contributed by atoms with Crippen LogP contribution in [0.3, 0.4) is 0 Å². The van der Waals surface area contributed by atoms with Crippen LogP contribution >= 0.6 is 0 Å². The smallest absolute Gasteiger partial charge is 0.329 e. The quantitative estimate of drug-likeness (QED) is 0.230. The number of urea groups is 1. The monoisotopic (exact) mass is 833 g/mol. The molecule has 2 aromatic carbocycles. The number of ether oxygens (including phenoxy) is 1. The van der Waals surface area contributed by atoms with Crippen LogP contribution in [-0.4, -0.2) is 128 Å². The molecule has 320 valence electrons. The molecule has 0 spiro atoms. The van der Waals surface area contributed by atoms with E-state index in [0.717, 1.165) is 12.1 Å². The Hall–Kier alpha value is -6.14. The number of hydrogen-bond acceptors (Lipinski definition) is 9. The van der Waals surface area contributed by atoms with Gasteiger partial charge >= 0.3 is 12.0 Å². The molecule has 3 aromatic rings. The van der Waals surface area contributed by atoms with Crippen molar-refractivity contribution in [2.45, 2.75) is 108 Å². The number of carbonyl (C=O) groups is 7. The number of nitrogens with one attached hydrogen (secondary N) is 5. The van der Waals surface area contributed by atoms with E-state index in [9.17, 15) is 42.3 Å². The van der Waals surface area contributed by atoms with Crippen molar-refractivity contribution < 1.29 is 47.1 Å². The number of benzene rings is 2. The Morgan fingerprint density at radius 3 is 2.35 bits per heavy atom. The number of anilines is 1. The van der Waals surface area contributed by atoms with Crippen LogP contribution in [0.15, 0.2) is 42.7 Å². The number of esters is 1. The highest BCUT2D eigenvalue weighted by atomic mass is 19.1. The zero-order valence-electron chi connectivity index (χ0n) is 33.5. The number of cyclic esters (lactones) is 1. The molecular formula is C41H49F2N9O8. The molecule has 5 N–H and O–H groups in total. The van der Waals surface area contributed by atoms with E-state index >= 15 is 0 Å². The summed E-state index contributed by atoms with van der Waals surface area (Å²) in [7, 11) is 0. The molecule has 5 heterocycles. The SMILES string of the molecule is CC1CC2C(=O)OC(C)C(NC(=O)C(Cc3cc(F)cc(F)c3)NC(=O)Nc3ccc4nc[nH]c4c3)C(=O)N3CCCC3C(=O)N3CCCCC3C(=O)NC(C)C(=O)N2C1. The highest BCUT2D eigenvalue weighted by Gasteiger charge is 2.47. The number of halogens is 2. The number of amides is 7. The van der Waals surface area contributed by atoms with Crippen LogP contribution in [0.25, 0.3) is 11.0 Å². The molecule has 17 nitrogen and oxygen atoms in total. The molecule has 0 aliphatic carbocycles. The third-order valence-corrected chi connectivity index (χ3v) is 11.7. The first-order valence-corrected chi connectivity index (χ1v) is 20.3. The molecule has 4 aliphatic rings. The molecule has 4 aliphatic heterocycles. The Morgan fingerprint density at radius 2 is 1.58 bits per heavy atom. The summed E-state index contributed by atoms with van der Waals surface area (Å²) in [5.74, 6) is -6.03. The fraction of sp³-hybridized carbons (Fsp3) is 0.512. The van der Waals surface area contributed by atoms with Gasteiger partial charge in [0.25, 0.3) is 0 Å². The van der Waals surface area contributed by atoms with Gasteiger partial charge in [-0.2, -0.15) is 0 Å². The Morgan fingerprint density at radius 1 is 0.867 bits per heavy atom. The van der Waals surface area contributed by atoms with Gasteiger partial charge in [-0.3, -0.25) is 24.0 Å². The van der Waals surface area contributed by atoms with Gasteiger partial charge in [-0.15, -0.1) is 0 Å². The molecule has 0 radical (unpaired) electrons. The summed E-state index contributed by atoms with van der Waals surface area (Å²) in [6, 6.07) is -0.548. The lowest BCUT2D eigenvalue weighted by molar-refractivity contribution is -0.163. The van der Waals surface area contributed by atoms with E-state index in [1.807, 2.05) is 6.92 Å². The third-order valence-electron chi connectivity index (χ3n) is 11.7. The average Bonchev–Trinajstić information content (AvgIpc) is 3.98. The predicted molar refractivity (Wildman–Crippen MR) is 211 cm³/mol. The molecule has 4 fully saturated rings. The molecular weight excluding hydrogens is 785 g/mol. The van der Waals surface area contributed by atoms with Crippen LogP contribution in [0.1, 0.15) is 64.9 Å². The zero-order valence-corrected chi connectivity index (χ0v) is 33.5. The van der Waals surface area contributed by atoms with E-state index in [0.29, 0.717) is 48.5 Å². The lowest BCUT2D eigenvalue weighted by Crippen LogP contribution is -2.63. The van der Waals surface area contributed by atoms with E-state index in [1.54, 1.807) is 18.2 Å². The Kier molecular flexibility index (Phi) is 12.3. The first-order chi connectivity index (χ1) is 28.7. The van der Waals surface area contributed by atoms with Crippen molar-refractivity contribution in [1.29, 1.82) is 0 Å². The van der Waals surface area contributed by atoms with Gasteiger partial charge in [0.2, 0.25) is 29.5 Å². The van der Waals surface area contributed by atoms with Gasteiger partial charge in [-0.1, -0.05) is 6.92 Å². The van der Waals surface area contributed by atoms with Crippen LogP contribution < -0.4 is 21.3 Å². The van der Waals surface area contributed by atoms with Crippen molar-refractivity contribution in [3.8, 4) is 0 Å². The van der Waals surface area contributed by atoms with Crippen molar-refractivity contribution in [1.82, 2.24) is 40.6 Å². The Labute approximate surface area is 344 Å². The standard InChI is InChI=1S/C41H49F2N9O8/c1-21-13-33-40(58)60-23(3)34(39(57)51-12-6-8-32(51)38(56)50-11-5-4-7-31(50)36(54)46-22(2)37(55)52(33)19-21)49-35(53)30(16-24-14-25(42)17-26(43)15-24)48-41(59)47-27-9-10-28-29(18-27)45-20-44-28/h9-10,14-15,17-18,20-23,30-34H,4-8,11-13,16,19H2,1-3H3,(H,44,45)(H,46,54)(H,49,53)(H2,47,48,59). The van der Waals surface area contributed by atoms with Gasteiger partial charge in [0.1, 0.15) is 54.0 Å². The summed E-state index contributed by atoms with van der Waals surface area (Å²) in [5, 5.41) is 10.6. The summed E-state index contributed by atoms with van der Waals surface area (Å²) < 4.78 is 34.7. The second-order valence-electron chi connectivity index (χ2n) is 16.2. The Balaban J connectivity index is 1.21. The van der Waals surface area contributed by atoms with E-state index in [1.165, 1.54) is 34.9 Å². The first kappa shape index (κ1) is 42.0. The molecule has 4 saturated heterocycles. The second-order valence-corrected chi connectivity index (χ2v) is 16.2. The minimum Gasteiger partial charge on any atom is -0.458 e. The first-order valence-electron chi connectivity index (χ1n) is 20.3. The zero-order chi connectivity index (χ0) is 42.8. The van der Waals surface area contributed by atoms with Gasteiger partial charge < -0.3 is 45.7 Å². The average molecular weight is 834 g/mol. The molecule has 8 atom stereocenters. The molecule has 0 saturated carbocycles. The van der Waals surface area contributed by atoms with Crippen molar-refractivity contribution in [3.05, 3.63) is 59.9 Å². The number of fused-ring (bicyclic) bond motifs is 4. The summed E-state index contributed by atoms with van der Waals surface area (Å²) >= 11 is 0. The van der Waals surface area contributed by atoms with Crippen molar-refractivity contribution in [2.75, 3.05) is 25.0 Å². The van der Waals surface area contributed by atoms with E-state index in [-0.39, 0.29) is 44.0 Å². The molecule has 19 heteroatoms. The fourth-order valence-corrected chi connectivity index (χ4v) is 8.73. The van der Waals surface area contributed by atoms with Crippen molar-refractivity contribution in [2.24, 2.45) is 5.92 Å². The van der Waals surface area contributed by atoms with Crippen LogP contribution in [0.5, 0.6) is 0 Å². The van der Waals surface area contributed by atoms with Crippen LogP contribution in [0.4, 0.5) is 19.3 Å². The van der Waals surface area contributed by atoms with Crippen LogP contribution in [0.2, 0.25) is 0 Å². The Bertz CT molecular complexity index is 2170. The maximum atomic E-state index is 14.7. The number of imidazole rings is 1. The van der Waals surface area contributed by atoms with Crippen molar-refractivity contribution in [3.63, 3.8) is 0 Å². The number of H-pyrrole nitrogens is 1. The predicted octanol–water partition coefficient (Wildman–Crippen LogP) is 2.12. The van der Waals surface area contributed by atoms with Crippen molar-refractivity contribution >= 4 is 58.3 Å². The highest BCUT2D eigenvalue weighted by Crippen LogP contribution is 2.29. The second kappa shape index (κ2) is 17.6. The van der Waals surface area contributed by atoms with Gasteiger partial charge in [-0.25, -0.2) is 23.4 Å². The van der Waals surface area contributed by atoms with Gasteiger partial charge in [0, 0.05) is 37.8 Å². The molecule has 60 heavy (non-hydrogen) atoms. The molecule has 1 aromatic heterocycles. The number of aromatic amines is 1. The molecule has 0 bridgehead atoms. The highest BCUT2D eigenvalue weighted by molar-refractivity contribution is 5.99. The summed E-state index contributed by atoms with van der Waals surface area (Å²) in [6.45, 7) is 5.34. The van der Waals surface area contributed by atoms with Gasteiger partial charge in [0.15, 0.2) is 0 Å². The van der Waals surface area contributed by atoms with E-state index < -0.39 is 102 Å². The van der Waals surface area contributed by atoms with Crippen LogP contribution in [0, 0.1) is 17.6 Å². The van der Waals surface area contributed by atoms with Crippen LogP contribution in [-0.2, 0) is 39.9 Å². The molecule has 8 unspecified atom stereocenters. The number of carbonyl (C=O) groups excluding carboxylic acids is 7. The normalized spacial score (nSPS) is 27.1.